The first-order valence-corrected chi connectivity index (χ1v) is 8.45. The van der Waals surface area contributed by atoms with E-state index in [-0.39, 0.29) is 35.4 Å². The summed E-state index contributed by atoms with van der Waals surface area (Å²) in [5, 5.41) is 14.2. The van der Waals surface area contributed by atoms with Crippen LogP contribution < -0.4 is 5.43 Å². The Morgan fingerprint density at radius 2 is 2.09 bits per heavy atom. The number of hydrogen-bond acceptors (Lipinski definition) is 6. The molecule has 1 aromatic carbocycles. The SMILES string of the molecule is O=C(C[C@@H]1CCS(=O)(=O)C1)N/N=C\c1ccc([N+](=O)[O-])cc1. The lowest BCUT2D eigenvalue weighted by molar-refractivity contribution is -0.384. The molecule has 1 aliphatic heterocycles. The first-order chi connectivity index (χ1) is 10.4. The van der Waals surface area contributed by atoms with E-state index in [2.05, 4.69) is 10.5 Å². The van der Waals surface area contributed by atoms with Crippen LogP contribution in [0.2, 0.25) is 0 Å². The molecule has 0 saturated carbocycles. The van der Waals surface area contributed by atoms with E-state index in [0.29, 0.717) is 12.0 Å². The van der Waals surface area contributed by atoms with Crippen molar-refractivity contribution in [2.75, 3.05) is 11.5 Å². The van der Waals surface area contributed by atoms with Gasteiger partial charge in [0.05, 0.1) is 22.6 Å². The Bertz CT molecular complexity index is 697. The van der Waals surface area contributed by atoms with E-state index in [4.69, 9.17) is 0 Å². The molecular formula is C13H15N3O5S. The van der Waals surface area contributed by atoms with Crippen LogP contribution in [0.25, 0.3) is 0 Å². The number of nitro groups is 1. The Kier molecular flexibility index (Phi) is 4.86. The first kappa shape index (κ1) is 16.1. The monoisotopic (exact) mass is 325 g/mol. The number of hydrazone groups is 1. The van der Waals surface area contributed by atoms with E-state index in [9.17, 15) is 23.3 Å². The fraction of sp³-hybridized carbons (Fsp3) is 0.385. The fourth-order valence-electron chi connectivity index (χ4n) is 2.20. The molecule has 0 radical (unpaired) electrons. The summed E-state index contributed by atoms with van der Waals surface area (Å²) in [6, 6.07) is 5.70. The van der Waals surface area contributed by atoms with Gasteiger partial charge in [-0.2, -0.15) is 5.10 Å². The van der Waals surface area contributed by atoms with Gasteiger partial charge < -0.3 is 0 Å². The second-order valence-electron chi connectivity index (χ2n) is 5.12. The molecule has 0 aromatic heterocycles. The Morgan fingerprint density at radius 1 is 1.41 bits per heavy atom. The molecule has 1 saturated heterocycles. The van der Waals surface area contributed by atoms with Crippen LogP contribution in [0.4, 0.5) is 5.69 Å². The summed E-state index contributed by atoms with van der Waals surface area (Å²) in [7, 11) is -2.99. The molecular weight excluding hydrogens is 310 g/mol. The van der Waals surface area contributed by atoms with Gasteiger partial charge in [-0.15, -0.1) is 0 Å². The van der Waals surface area contributed by atoms with Crippen molar-refractivity contribution in [3.8, 4) is 0 Å². The highest BCUT2D eigenvalue weighted by Gasteiger charge is 2.29. The van der Waals surface area contributed by atoms with Gasteiger partial charge in [-0.1, -0.05) is 0 Å². The lowest BCUT2D eigenvalue weighted by Crippen LogP contribution is -2.21. The molecule has 8 nitrogen and oxygen atoms in total. The van der Waals surface area contributed by atoms with Crippen molar-refractivity contribution >= 4 is 27.6 Å². The summed E-state index contributed by atoms with van der Waals surface area (Å²) in [4.78, 5) is 21.6. The van der Waals surface area contributed by atoms with Crippen LogP contribution in [0.1, 0.15) is 18.4 Å². The second-order valence-corrected chi connectivity index (χ2v) is 7.34. The summed E-state index contributed by atoms with van der Waals surface area (Å²) in [6.07, 6.45) is 1.99. The zero-order valence-corrected chi connectivity index (χ0v) is 12.5. The van der Waals surface area contributed by atoms with Gasteiger partial charge in [-0.05, 0) is 30.0 Å². The van der Waals surface area contributed by atoms with Gasteiger partial charge in [0.25, 0.3) is 5.69 Å². The van der Waals surface area contributed by atoms with Crippen LogP contribution in [-0.2, 0) is 14.6 Å². The molecule has 1 fully saturated rings. The Labute approximate surface area is 127 Å². The molecule has 22 heavy (non-hydrogen) atoms. The molecule has 1 aliphatic rings. The van der Waals surface area contributed by atoms with Gasteiger partial charge in [0, 0.05) is 18.6 Å². The molecule has 0 bridgehead atoms. The maximum atomic E-state index is 11.6. The van der Waals surface area contributed by atoms with E-state index in [0.717, 1.165) is 0 Å². The molecule has 1 N–H and O–H groups in total. The molecule has 9 heteroatoms. The van der Waals surface area contributed by atoms with Crippen LogP contribution in [0.15, 0.2) is 29.4 Å². The number of benzene rings is 1. The predicted molar refractivity (Wildman–Crippen MR) is 80.2 cm³/mol. The quantitative estimate of drug-likeness (QED) is 0.489. The number of carbonyl (C=O) groups excluding carboxylic acids is 1. The van der Waals surface area contributed by atoms with Gasteiger partial charge in [-0.3, -0.25) is 14.9 Å². The number of amides is 1. The number of sulfone groups is 1. The molecule has 1 aromatic rings. The largest absolute Gasteiger partial charge is 0.273 e. The summed E-state index contributed by atoms with van der Waals surface area (Å²) >= 11 is 0. The van der Waals surface area contributed by atoms with Gasteiger partial charge >= 0.3 is 0 Å². The number of carbonyl (C=O) groups is 1. The van der Waals surface area contributed by atoms with Gasteiger partial charge in [0.15, 0.2) is 9.84 Å². The molecule has 1 amide bonds. The highest BCUT2D eigenvalue weighted by molar-refractivity contribution is 7.91. The fourth-order valence-corrected chi connectivity index (χ4v) is 4.06. The van der Waals surface area contributed by atoms with Crippen LogP contribution in [0.3, 0.4) is 0 Å². The normalized spacial score (nSPS) is 20.1. The third-order valence-corrected chi connectivity index (χ3v) is 5.14. The van der Waals surface area contributed by atoms with E-state index < -0.39 is 14.8 Å². The maximum Gasteiger partial charge on any atom is 0.269 e. The zero-order chi connectivity index (χ0) is 16.2. The Hall–Kier alpha value is -2.29. The molecule has 0 spiro atoms. The van der Waals surface area contributed by atoms with Gasteiger partial charge in [0.1, 0.15) is 0 Å². The Balaban J connectivity index is 1.82. The number of nitrogens with zero attached hydrogens (tertiary/aromatic N) is 2. The van der Waals surface area contributed by atoms with Crippen LogP contribution in [-0.4, -0.2) is 37.0 Å². The van der Waals surface area contributed by atoms with Crippen LogP contribution in [0, 0.1) is 16.0 Å². The minimum absolute atomic E-state index is 0.0244. The first-order valence-electron chi connectivity index (χ1n) is 6.62. The van der Waals surface area contributed by atoms with Gasteiger partial charge in [-0.25, -0.2) is 13.8 Å². The van der Waals surface area contributed by atoms with Crippen molar-refractivity contribution in [3.05, 3.63) is 39.9 Å². The van der Waals surface area contributed by atoms with Crippen molar-refractivity contribution in [2.45, 2.75) is 12.8 Å². The number of hydrogen-bond donors (Lipinski definition) is 1. The average Bonchev–Trinajstić information content (AvgIpc) is 2.78. The molecule has 1 heterocycles. The van der Waals surface area contributed by atoms with Crippen molar-refractivity contribution in [2.24, 2.45) is 11.0 Å². The lowest BCUT2D eigenvalue weighted by atomic mass is 10.1. The highest BCUT2D eigenvalue weighted by Crippen LogP contribution is 2.21. The standard InChI is InChI=1S/C13H15N3O5S/c17-13(7-11-5-6-22(20,21)9-11)15-14-8-10-1-3-12(4-2-10)16(18)19/h1-4,8,11H,5-7,9H2,(H,15,17)/b14-8-/t11-/m0/s1. The summed E-state index contributed by atoms with van der Waals surface area (Å²) in [5.74, 6) is -0.316. The topological polar surface area (TPSA) is 119 Å². The third kappa shape index (κ3) is 4.62. The van der Waals surface area contributed by atoms with Crippen molar-refractivity contribution in [1.82, 2.24) is 5.43 Å². The molecule has 0 unspecified atom stereocenters. The van der Waals surface area contributed by atoms with Crippen molar-refractivity contribution < 1.29 is 18.1 Å². The van der Waals surface area contributed by atoms with Crippen LogP contribution >= 0.6 is 0 Å². The molecule has 0 aliphatic carbocycles. The number of nitro benzene ring substituents is 1. The van der Waals surface area contributed by atoms with Gasteiger partial charge in [0.2, 0.25) is 5.91 Å². The van der Waals surface area contributed by atoms with Crippen molar-refractivity contribution in [1.29, 1.82) is 0 Å². The minimum atomic E-state index is -2.99. The smallest absolute Gasteiger partial charge is 0.269 e. The van der Waals surface area contributed by atoms with E-state index in [1.54, 1.807) is 0 Å². The number of rotatable bonds is 5. The van der Waals surface area contributed by atoms with Crippen LogP contribution in [0.5, 0.6) is 0 Å². The summed E-state index contributed by atoms with van der Waals surface area (Å²) < 4.78 is 22.6. The summed E-state index contributed by atoms with van der Waals surface area (Å²) in [6.45, 7) is 0. The molecule has 2 rings (SSSR count). The number of nitrogens with one attached hydrogen (secondary N) is 1. The van der Waals surface area contributed by atoms with Crippen molar-refractivity contribution in [3.63, 3.8) is 0 Å². The van der Waals surface area contributed by atoms with E-state index in [1.165, 1.54) is 30.5 Å². The Morgan fingerprint density at radius 3 is 2.64 bits per heavy atom. The summed E-state index contributed by atoms with van der Waals surface area (Å²) in [5.41, 5.74) is 2.91. The van der Waals surface area contributed by atoms with E-state index >= 15 is 0 Å². The minimum Gasteiger partial charge on any atom is -0.273 e. The number of non-ortho nitro benzene ring substituents is 1. The average molecular weight is 325 g/mol. The third-order valence-electron chi connectivity index (χ3n) is 3.31. The lowest BCUT2D eigenvalue weighted by Gasteiger charge is -2.05. The second kappa shape index (κ2) is 6.65. The zero-order valence-electron chi connectivity index (χ0n) is 11.6. The molecule has 1 atom stereocenters. The molecule has 118 valence electrons. The van der Waals surface area contributed by atoms with E-state index in [1.807, 2.05) is 0 Å². The highest BCUT2D eigenvalue weighted by atomic mass is 32.2. The predicted octanol–water partition coefficient (Wildman–Crippen LogP) is 0.870. The maximum absolute atomic E-state index is 11.6.